The second-order valence-electron chi connectivity index (χ2n) is 5.26. The second-order valence-corrected chi connectivity index (χ2v) is 7.24. The molecule has 0 spiro atoms. The van der Waals surface area contributed by atoms with Crippen molar-refractivity contribution in [2.24, 2.45) is 0 Å². The highest BCUT2D eigenvalue weighted by Crippen LogP contribution is 2.19. The second kappa shape index (κ2) is 6.05. The van der Waals surface area contributed by atoms with Crippen LogP contribution in [0.15, 0.2) is 30.9 Å². The minimum Gasteiger partial charge on any atom is -0.486 e. The van der Waals surface area contributed by atoms with Crippen molar-refractivity contribution in [2.75, 3.05) is 12.8 Å². The van der Waals surface area contributed by atoms with Gasteiger partial charge in [-0.1, -0.05) is 0 Å². The van der Waals surface area contributed by atoms with E-state index < -0.39 is 10.0 Å². The molecule has 118 valence electrons. The molecule has 3 rings (SSSR count). The van der Waals surface area contributed by atoms with Gasteiger partial charge in [-0.3, -0.25) is 4.98 Å². The number of aryl methyl sites for hydroxylation is 1. The van der Waals surface area contributed by atoms with Crippen LogP contribution < -0.4 is 4.74 Å². The molecule has 2 aromatic rings. The lowest BCUT2D eigenvalue weighted by Gasteiger charge is -2.17. The van der Waals surface area contributed by atoms with Crippen LogP contribution in [0.2, 0.25) is 0 Å². The maximum Gasteiger partial charge on any atom is 0.211 e. The summed E-state index contributed by atoms with van der Waals surface area (Å²) in [6, 6.07) is 3.62. The molecule has 0 saturated heterocycles. The summed E-state index contributed by atoms with van der Waals surface area (Å²) < 4.78 is 32.8. The lowest BCUT2D eigenvalue weighted by Crippen LogP contribution is -2.30. The Bertz CT molecular complexity index is 743. The molecular formula is C14H18N4O3S. The maximum atomic E-state index is 11.8. The monoisotopic (exact) mass is 322 g/mol. The number of hydrogen-bond acceptors (Lipinski definition) is 5. The van der Waals surface area contributed by atoms with Crippen molar-refractivity contribution in [2.45, 2.75) is 26.1 Å². The molecule has 1 aliphatic rings. The summed E-state index contributed by atoms with van der Waals surface area (Å²) in [6.45, 7) is 1.93. The van der Waals surface area contributed by atoms with E-state index in [1.54, 1.807) is 24.8 Å². The molecule has 0 fully saturated rings. The molecule has 0 N–H and O–H groups in total. The van der Waals surface area contributed by atoms with Gasteiger partial charge in [-0.25, -0.2) is 13.4 Å². The van der Waals surface area contributed by atoms with Crippen LogP contribution in [0, 0.1) is 0 Å². The zero-order chi connectivity index (χ0) is 15.6. The molecule has 7 nitrogen and oxygen atoms in total. The first-order valence-electron chi connectivity index (χ1n) is 7.05. The summed E-state index contributed by atoms with van der Waals surface area (Å²) in [6.07, 6.45) is 7.09. The van der Waals surface area contributed by atoms with Crippen LogP contribution in [-0.4, -0.2) is 40.1 Å². The predicted octanol–water partition coefficient (Wildman–Crippen LogP) is 1.02. The van der Waals surface area contributed by atoms with Crippen molar-refractivity contribution >= 4 is 10.0 Å². The van der Waals surface area contributed by atoms with Gasteiger partial charge in [0, 0.05) is 19.3 Å². The lowest BCUT2D eigenvalue weighted by atomic mass is 10.3. The molecule has 1 aliphatic heterocycles. The summed E-state index contributed by atoms with van der Waals surface area (Å²) in [7, 11) is -3.21. The van der Waals surface area contributed by atoms with Gasteiger partial charge < -0.3 is 9.30 Å². The zero-order valence-electron chi connectivity index (χ0n) is 12.3. The first kappa shape index (κ1) is 15.0. The van der Waals surface area contributed by atoms with Crippen molar-refractivity contribution < 1.29 is 13.2 Å². The fourth-order valence-corrected chi connectivity index (χ4v) is 3.29. The van der Waals surface area contributed by atoms with Gasteiger partial charge in [-0.15, -0.1) is 0 Å². The van der Waals surface area contributed by atoms with Crippen LogP contribution in [0.4, 0.5) is 0 Å². The van der Waals surface area contributed by atoms with Crippen LogP contribution in [0.1, 0.15) is 17.8 Å². The summed E-state index contributed by atoms with van der Waals surface area (Å²) in [5.41, 5.74) is 1.66. The number of pyridine rings is 1. The molecule has 22 heavy (non-hydrogen) atoms. The number of sulfonamides is 1. The van der Waals surface area contributed by atoms with E-state index in [4.69, 9.17) is 4.74 Å². The molecule has 0 amide bonds. The van der Waals surface area contributed by atoms with Crippen molar-refractivity contribution in [3.8, 4) is 5.75 Å². The lowest BCUT2D eigenvalue weighted by molar-refractivity contribution is 0.297. The van der Waals surface area contributed by atoms with Crippen LogP contribution >= 0.6 is 0 Å². The normalized spacial score (nSPS) is 16.0. The summed E-state index contributed by atoms with van der Waals surface area (Å²) >= 11 is 0. The molecular weight excluding hydrogens is 304 g/mol. The molecule has 0 atom stereocenters. The van der Waals surface area contributed by atoms with Gasteiger partial charge in [0.1, 0.15) is 18.1 Å². The SMILES string of the molecule is CS(=O)(=O)N1CCCn2cnc(COc3cccnc3)c2C1. The van der Waals surface area contributed by atoms with Crippen molar-refractivity contribution in [1.29, 1.82) is 0 Å². The highest BCUT2D eigenvalue weighted by Gasteiger charge is 2.24. The highest BCUT2D eigenvalue weighted by atomic mass is 32.2. The highest BCUT2D eigenvalue weighted by molar-refractivity contribution is 7.88. The number of rotatable bonds is 4. The van der Waals surface area contributed by atoms with Gasteiger partial charge in [0.15, 0.2) is 0 Å². The predicted molar refractivity (Wildman–Crippen MR) is 80.7 cm³/mol. The molecule has 0 aromatic carbocycles. The molecule has 3 heterocycles. The third kappa shape index (κ3) is 3.28. The third-order valence-electron chi connectivity index (χ3n) is 3.64. The fourth-order valence-electron chi connectivity index (χ4n) is 2.48. The van der Waals surface area contributed by atoms with E-state index in [9.17, 15) is 8.42 Å². The Morgan fingerprint density at radius 2 is 2.23 bits per heavy atom. The quantitative estimate of drug-likeness (QED) is 0.840. The summed E-state index contributed by atoms with van der Waals surface area (Å²) in [4.78, 5) is 8.36. The Kier molecular flexibility index (Phi) is 4.12. The Morgan fingerprint density at radius 1 is 1.36 bits per heavy atom. The molecule has 8 heteroatoms. The molecule has 0 saturated carbocycles. The van der Waals surface area contributed by atoms with E-state index in [0.717, 1.165) is 24.4 Å². The topological polar surface area (TPSA) is 77.3 Å². The van der Waals surface area contributed by atoms with Gasteiger partial charge in [-0.05, 0) is 18.6 Å². The van der Waals surface area contributed by atoms with Crippen molar-refractivity contribution in [3.05, 3.63) is 42.2 Å². The Balaban J connectivity index is 1.79. The van der Waals surface area contributed by atoms with Gasteiger partial charge in [0.05, 0.1) is 31.0 Å². The molecule has 0 unspecified atom stereocenters. The standard InChI is InChI=1S/C14H18N4O3S/c1-22(19,20)18-7-3-6-17-11-16-13(14(17)9-18)10-21-12-4-2-5-15-8-12/h2,4-5,8,11H,3,6-7,9-10H2,1H3. The van der Waals surface area contributed by atoms with Gasteiger partial charge >= 0.3 is 0 Å². The Hall–Kier alpha value is -1.93. The molecule has 2 aromatic heterocycles. The summed E-state index contributed by atoms with van der Waals surface area (Å²) in [5.74, 6) is 0.665. The minimum atomic E-state index is -3.21. The average molecular weight is 322 g/mol. The van der Waals surface area contributed by atoms with E-state index in [0.29, 0.717) is 25.4 Å². The number of ether oxygens (including phenoxy) is 1. The van der Waals surface area contributed by atoms with Crippen LogP contribution in [0.3, 0.4) is 0 Å². The largest absolute Gasteiger partial charge is 0.486 e. The zero-order valence-corrected chi connectivity index (χ0v) is 13.2. The molecule has 0 radical (unpaired) electrons. The fraction of sp³-hybridized carbons (Fsp3) is 0.429. The van der Waals surface area contributed by atoms with Crippen LogP contribution in [-0.2, 0) is 29.7 Å². The maximum absolute atomic E-state index is 11.8. The van der Waals surface area contributed by atoms with Gasteiger partial charge in [-0.2, -0.15) is 4.31 Å². The van der Waals surface area contributed by atoms with E-state index >= 15 is 0 Å². The van der Waals surface area contributed by atoms with E-state index in [-0.39, 0.29) is 0 Å². The van der Waals surface area contributed by atoms with E-state index in [1.165, 1.54) is 10.6 Å². The average Bonchev–Trinajstić information content (AvgIpc) is 2.73. The molecule has 0 aliphatic carbocycles. The molecule has 0 bridgehead atoms. The van der Waals surface area contributed by atoms with Gasteiger partial charge in [0.25, 0.3) is 0 Å². The van der Waals surface area contributed by atoms with Crippen molar-refractivity contribution in [1.82, 2.24) is 18.8 Å². The first-order valence-corrected chi connectivity index (χ1v) is 8.90. The smallest absolute Gasteiger partial charge is 0.211 e. The van der Waals surface area contributed by atoms with Crippen LogP contribution in [0.5, 0.6) is 5.75 Å². The number of nitrogens with zero attached hydrogens (tertiary/aromatic N) is 4. The Morgan fingerprint density at radius 3 is 2.95 bits per heavy atom. The first-order chi connectivity index (χ1) is 10.5. The Labute approximate surface area is 129 Å². The van der Waals surface area contributed by atoms with Crippen LogP contribution in [0.25, 0.3) is 0 Å². The number of fused-ring (bicyclic) bond motifs is 1. The number of imidazole rings is 1. The number of hydrogen-bond donors (Lipinski definition) is 0. The van der Waals surface area contributed by atoms with E-state index in [1.807, 2.05) is 10.6 Å². The van der Waals surface area contributed by atoms with E-state index in [2.05, 4.69) is 9.97 Å². The summed E-state index contributed by atoms with van der Waals surface area (Å²) in [5, 5.41) is 0. The third-order valence-corrected chi connectivity index (χ3v) is 4.89. The van der Waals surface area contributed by atoms with Gasteiger partial charge in [0.2, 0.25) is 10.0 Å². The minimum absolute atomic E-state index is 0.297. The van der Waals surface area contributed by atoms with Crippen molar-refractivity contribution in [3.63, 3.8) is 0 Å². The number of aromatic nitrogens is 3.